The van der Waals surface area contributed by atoms with E-state index < -0.39 is 0 Å². The molecule has 2 rings (SSSR count). The van der Waals surface area contributed by atoms with Crippen LogP contribution in [0.25, 0.3) is 0 Å². The van der Waals surface area contributed by atoms with E-state index in [1.54, 1.807) is 19.2 Å². The Morgan fingerprint density at radius 1 is 1.12 bits per heavy atom. The molecule has 2 N–H and O–H groups in total. The maximum Gasteiger partial charge on any atom is 0.233 e. The minimum absolute atomic E-state index is 0.0602. The summed E-state index contributed by atoms with van der Waals surface area (Å²) < 4.78 is 5.27. The lowest BCUT2D eigenvalue weighted by Gasteiger charge is -2.10. The lowest BCUT2D eigenvalue weighted by Crippen LogP contribution is -2.34. The van der Waals surface area contributed by atoms with Crippen LogP contribution in [0.2, 0.25) is 10.0 Å². The molecule has 6 heteroatoms. The van der Waals surface area contributed by atoms with Crippen LogP contribution in [-0.4, -0.2) is 26.1 Å². The van der Waals surface area contributed by atoms with Crippen LogP contribution in [0.4, 0.5) is 0 Å². The Balaban J connectivity index is 1.70. The zero-order chi connectivity index (χ0) is 17.4. The number of para-hydroxylation sites is 1. The highest BCUT2D eigenvalue weighted by atomic mass is 35.5. The van der Waals surface area contributed by atoms with Gasteiger partial charge in [0, 0.05) is 28.7 Å². The van der Waals surface area contributed by atoms with Crippen LogP contribution >= 0.6 is 23.2 Å². The van der Waals surface area contributed by atoms with E-state index in [2.05, 4.69) is 10.6 Å². The van der Waals surface area contributed by atoms with Crippen molar-refractivity contribution in [3.05, 3.63) is 63.6 Å². The summed E-state index contributed by atoms with van der Waals surface area (Å²) in [6.45, 7) is 1.34. The number of amides is 1. The normalized spacial score (nSPS) is 10.5. The van der Waals surface area contributed by atoms with Gasteiger partial charge in [-0.05, 0) is 30.2 Å². The van der Waals surface area contributed by atoms with Crippen molar-refractivity contribution in [3.63, 3.8) is 0 Å². The van der Waals surface area contributed by atoms with Gasteiger partial charge in [-0.3, -0.25) is 4.79 Å². The third-order valence-electron chi connectivity index (χ3n) is 3.53. The first-order valence-corrected chi connectivity index (χ1v) is 8.39. The first kappa shape index (κ1) is 18.6. The highest BCUT2D eigenvalue weighted by Gasteiger charge is 2.05. The van der Waals surface area contributed by atoms with Gasteiger partial charge in [-0.1, -0.05) is 47.5 Å². The van der Waals surface area contributed by atoms with Gasteiger partial charge in [0.05, 0.1) is 13.7 Å². The molecule has 0 saturated heterocycles. The third kappa shape index (κ3) is 5.71. The Hall–Kier alpha value is -1.75. The average Bonchev–Trinajstić information content (AvgIpc) is 2.57. The summed E-state index contributed by atoms with van der Waals surface area (Å²) in [5, 5.41) is 7.19. The lowest BCUT2D eigenvalue weighted by molar-refractivity contribution is -0.120. The molecule has 4 nitrogen and oxygen atoms in total. The minimum Gasteiger partial charge on any atom is -0.496 e. The predicted molar refractivity (Wildman–Crippen MR) is 97.9 cm³/mol. The van der Waals surface area contributed by atoms with E-state index in [1.807, 2.05) is 30.3 Å². The fourth-order valence-electron chi connectivity index (χ4n) is 2.28. The molecule has 0 bridgehead atoms. The zero-order valence-corrected chi connectivity index (χ0v) is 15.0. The molecule has 0 fully saturated rings. The van der Waals surface area contributed by atoms with Crippen LogP contribution in [0.15, 0.2) is 42.5 Å². The van der Waals surface area contributed by atoms with Gasteiger partial charge in [-0.25, -0.2) is 0 Å². The number of hydrogen-bond acceptors (Lipinski definition) is 3. The summed E-state index contributed by atoms with van der Waals surface area (Å²) in [6, 6.07) is 13.1. The quantitative estimate of drug-likeness (QED) is 0.752. The number of halogens is 2. The van der Waals surface area contributed by atoms with Crippen LogP contribution in [0, 0.1) is 0 Å². The van der Waals surface area contributed by atoms with E-state index in [4.69, 9.17) is 27.9 Å². The second-order valence-corrected chi connectivity index (χ2v) is 6.09. The number of methoxy groups -OCH3 is 1. The number of carbonyl (C=O) groups is 1. The molecule has 0 aliphatic rings. The largest absolute Gasteiger partial charge is 0.496 e. The summed E-state index contributed by atoms with van der Waals surface area (Å²) in [4.78, 5) is 11.9. The summed E-state index contributed by atoms with van der Waals surface area (Å²) in [5.41, 5.74) is 1.98. The highest BCUT2D eigenvalue weighted by Crippen LogP contribution is 2.21. The Labute approximate surface area is 152 Å². The van der Waals surface area contributed by atoms with Crippen molar-refractivity contribution in [1.82, 2.24) is 10.6 Å². The molecule has 0 heterocycles. The second-order valence-electron chi connectivity index (χ2n) is 5.25. The first-order chi connectivity index (χ1) is 11.6. The molecule has 0 aromatic heterocycles. The van der Waals surface area contributed by atoms with Crippen LogP contribution < -0.4 is 15.4 Å². The van der Waals surface area contributed by atoms with Gasteiger partial charge in [0.2, 0.25) is 5.91 Å². The molecule has 24 heavy (non-hydrogen) atoms. The highest BCUT2D eigenvalue weighted by molar-refractivity contribution is 6.35. The molecular formula is C18H20Cl2N2O2. The molecule has 0 aliphatic carbocycles. The van der Waals surface area contributed by atoms with Crippen molar-refractivity contribution in [2.75, 3.05) is 20.2 Å². The van der Waals surface area contributed by atoms with Crippen molar-refractivity contribution in [3.8, 4) is 5.75 Å². The van der Waals surface area contributed by atoms with Gasteiger partial charge < -0.3 is 15.4 Å². The molecule has 2 aromatic rings. The van der Waals surface area contributed by atoms with Gasteiger partial charge in [-0.15, -0.1) is 0 Å². The van der Waals surface area contributed by atoms with E-state index in [0.717, 1.165) is 16.9 Å². The summed E-state index contributed by atoms with van der Waals surface area (Å²) in [5.74, 6) is 0.748. The topological polar surface area (TPSA) is 50.4 Å². The van der Waals surface area contributed by atoms with E-state index in [-0.39, 0.29) is 12.5 Å². The number of rotatable bonds is 8. The average molecular weight is 367 g/mol. The Bertz CT molecular complexity index is 692. The lowest BCUT2D eigenvalue weighted by atomic mass is 10.1. The maximum absolute atomic E-state index is 11.9. The van der Waals surface area contributed by atoms with Crippen molar-refractivity contribution >= 4 is 29.1 Å². The Kier molecular flexibility index (Phi) is 7.37. The van der Waals surface area contributed by atoms with E-state index in [9.17, 15) is 4.79 Å². The van der Waals surface area contributed by atoms with Crippen molar-refractivity contribution in [2.45, 2.75) is 13.0 Å². The Morgan fingerprint density at radius 2 is 1.92 bits per heavy atom. The summed E-state index contributed by atoms with van der Waals surface area (Å²) in [7, 11) is 1.63. The third-order valence-corrected chi connectivity index (χ3v) is 4.11. The molecule has 1 amide bonds. The molecule has 0 unspecified atom stereocenters. The first-order valence-electron chi connectivity index (χ1n) is 7.63. The minimum atomic E-state index is -0.0602. The molecule has 0 atom stereocenters. The molecule has 0 saturated carbocycles. The van der Waals surface area contributed by atoms with Crippen molar-refractivity contribution in [1.29, 1.82) is 0 Å². The SMILES string of the molecule is COc1ccccc1CNCC(=O)NCCc1ccc(Cl)cc1Cl. The van der Waals surface area contributed by atoms with E-state index in [0.29, 0.717) is 29.6 Å². The molecule has 0 spiro atoms. The summed E-state index contributed by atoms with van der Waals surface area (Å²) in [6.07, 6.45) is 0.661. The van der Waals surface area contributed by atoms with Gasteiger partial charge in [0.25, 0.3) is 0 Å². The van der Waals surface area contributed by atoms with Gasteiger partial charge >= 0.3 is 0 Å². The zero-order valence-electron chi connectivity index (χ0n) is 13.4. The fourth-order valence-corrected chi connectivity index (χ4v) is 2.79. The summed E-state index contributed by atoms with van der Waals surface area (Å²) >= 11 is 12.0. The number of carbonyl (C=O) groups excluding carboxylic acids is 1. The fraction of sp³-hybridized carbons (Fsp3) is 0.278. The van der Waals surface area contributed by atoms with Crippen LogP contribution in [0.5, 0.6) is 5.75 Å². The Morgan fingerprint density at radius 3 is 2.67 bits per heavy atom. The molecule has 2 aromatic carbocycles. The predicted octanol–water partition coefficient (Wildman–Crippen LogP) is 3.45. The van der Waals surface area contributed by atoms with Gasteiger partial charge in [0.15, 0.2) is 0 Å². The van der Waals surface area contributed by atoms with Gasteiger partial charge in [-0.2, -0.15) is 0 Å². The van der Waals surface area contributed by atoms with E-state index in [1.165, 1.54) is 0 Å². The maximum atomic E-state index is 11.9. The standard InChI is InChI=1S/C18H20Cl2N2O2/c1-24-17-5-3-2-4-14(17)11-21-12-18(23)22-9-8-13-6-7-15(19)10-16(13)20/h2-7,10,21H,8-9,11-12H2,1H3,(H,22,23). The smallest absolute Gasteiger partial charge is 0.233 e. The molecule has 128 valence electrons. The monoisotopic (exact) mass is 366 g/mol. The van der Waals surface area contributed by atoms with Crippen LogP contribution in [0.3, 0.4) is 0 Å². The van der Waals surface area contributed by atoms with Crippen molar-refractivity contribution in [2.24, 2.45) is 0 Å². The molecule has 0 aliphatic heterocycles. The van der Waals surface area contributed by atoms with Gasteiger partial charge in [0.1, 0.15) is 5.75 Å². The molecular weight excluding hydrogens is 347 g/mol. The van der Waals surface area contributed by atoms with Crippen LogP contribution in [0.1, 0.15) is 11.1 Å². The van der Waals surface area contributed by atoms with E-state index >= 15 is 0 Å². The second kappa shape index (κ2) is 9.52. The number of benzene rings is 2. The van der Waals surface area contributed by atoms with Crippen molar-refractivity contribution < 1.29 is 9.53 Å². The molecule has 0 radical (unpaired) electrons. The number of nitrogens with one attached hydrogen (secondary N) is 2. The van der Waals surface area contributed by atoms with Crippen LogP contribution in [-0.2, 0) is 17.8 Å². The number of hydrogen-bond donors (Lipinski definition) is 2. The number of ether oxygens (including phenoxy) is 1.